The first-order valence-corrected chi connectivity index (χ1v) is 7.84. The van der Waals surface area contributed by atoms with Crippen molar-refractivity contribution >= 4 is 15.9 Å². The van der Waals surface area contributed by atoms with E-state index >= 15 is 0 Å². The molecule has 0 spiro atoms. The summed E-state index contributed by atoms with van der Waals surface area (Å²) in [5, 5.41) is 3.33. The molecule has 0 atom stereocenters. The van der Waals surface area contributed by atoms with Crippen LogP contribution in [-0.4, -0.2) is 37.7 Å². The SMILES string of the molecule is CCNCc1cc(OCCN(CC)CC)ccc1Br. The van der Waals surface area contributed by atoms with Gasteiger partial charge in [-0.05, 0) is 43.4 Å². The molecule has 1 rings (SSSR count). The van der Waals surface area contributed by atoms with E-state index < -0.39 is 0 Å². The molecule has 0 saturated heterocycles. The predicted octanol–water partition coefficient (Wildman–Crippen LogP) is 3.28. The van der Waals surface area contributed by atoms with Crippen LogP contribution in [0.2, 0.25) is 0 Å². The highest BCUT2D eigenvalue weighted by atomic mass is 79.9. The Labute approximate surface area is 125 Å². The molecule has 19 heavy (non-hydrogen) atoms. The lowest BCUT2D eigenvalue weighted by atomic mass is 10.2. The number of hydrogen-bond acceptors (Lipinski definition) is 3. The molecule has 108 valence electrons. The topological polar surface area (TPSA) is 24.5 Å². The van der Waals surface area contributed by atoms with Crippen molar-refractivity contribution in [2.75, 3.05) is 32.8 Å². The zero-order chi connectivity index (χ0) is 14.1. The van der Waals surface area contributed by atoms with Crippen LogP contribution in [0.3, 0.4) is 0 Å². The standard InChI is InChI=1S/C15H25BrN2O/c1-4-17-12-13-11-14(7-8-15(13)16)19-10-9-18(5-2)6-3/h7-8,11,17H,4-6,9-10,12H2,1-3H3. The molecule has 0 aliphatic heterocycles. The Hall–Kier alpha value is -0.580. The van der Waals surface area contributed by atoms with E-state index in [2.05, 4.69) is 59.1 Å². The molecule has 0 amide bonds. The van der Waals surface area contributed by atoms with Crippen LogP contribution in [0.15, 0.2) is 22.7 Å². The normalized spacial score (nSPS) is 11.0. The van der Waals surface area contributed by atoms with Gasteiger partial charge in [-0.1, -0.05) is 36.7 Å². The van der Waals surface area contributed by atoms with Gasteiger partial charge in [-0.2, -0.15) is 0 Å². The summed E-state index contributed by atoms with van der Waals surface area (Å²) in [6.07, 6.45) is 0. The summed E-state index contributed by atoms with van der Waals surface area (Å²) in [5.41, 5.74) is 1.24. The maximum absolute atomic E-state index is 5.83. The van der Waals surface area contributed by atoms with Crippen LogP contribution in [0.25, 0.3) is 0 Å². The number of nitrogens with zero attached hydrogens (tertiary/aromatic N) is 1. The van der Waals surface area contributed by atoms with E-state index in [4.69, 9.17) is 4.74 Å². The quantitative estimate of drug-likeness (QED) is 0.752. The molecule has 0 radical (unpaired) electrons. The van der Waals surface area contributed by atoms with Crippen molar-refractivity contribution in [1.82, 2.24) is 10.2 Å². The summed E-state index contributed by atoms with van der Waals surface area (Å²) in [6.45, 7) is 12.2. The number of nitrogens with one attached hydrogen (secondary N) is 1. The van der Waals surface area contributed by atoms with E-state index in [1.165, 1.54) is 5.56 Å². The van der Waals surface area contributed by atoms with Gasteiger partial charge in [0.1, 0.15) is 12.4 Å². The van der Waals surface area contributed by atoms with Gasteiger partial charge in [0.15, 0.2) is 0 Å². The molecule has 3 nitrogen and oxygen atoms in total. The van der Waals surface area contributed by atoms with E-state index in [0.29, 0.717) is 0 Å². The summed E-state index contributed by atoms with van der Waals surface area (Å²) in [6, 6.07) is 6.18. The molecule has 1 aromatic carbocycles. The van der Waals surface area contributed by atoms with Crippen LogP contribution >= 0.6 is 15.9 Å². The summed E-state index contributed by atoms with van der Waals surface area (Å²) >= 11 is 3.57. The number of ether oxygens (including phenoxy) is 1. The van der Waals surface area contributed by atoms with Gasteiger partial charge in [0.25, 0.3) is 0 Å². The molecule has 0 unspecified atom stereocenters. The number of halogens is 1. The Bertz CT molecular complexity index is 367. The molecule has 0 saturated carbocycles. The van der Waals surface area contributed by atoms with Crippen molar-refractivity contribution in [1.29, 1.82) is 0 Å². The zero-order valence-corrected chi connectivity index (χ0v) is 13.8. The van der Waals surface area contributed by atoms with Crippen LogP contribution in [0.1, 0.15) is 26.3 Å². The van der Waals surface area contributed by atoms with Crippen molar-refractivity contribution in [3.05, 3.63) is 28.2 Å². The second kappa shape index (κ2) is 9.34. The molecule has 0 aliphatic rings. The lowest BCUT2D eigenvalue weighted by Crippen LogP contribution is -2.27. The van der Waals surface area contributed by atoms with Gasteiger partial charge in [-0.3, -0.25) is 0 Å². The van der Waals surface area contributed by atoms with Crippen LogP contribution in [0.5, 0.6) is 5.75 Å². The molecule has 1 aromatic rings. The van der Waals surface area contributed by atoms with Crippen LogP contribution in [0, 0.1) is 0 Å². The Morgan fingerprint density at radius 1 is 1.21 bits per heavy atom. The Kier molecular flexibility index (Phi) is 8.10. The lowest BCUT2D eigenvalue weighted by Gasteiger charge is -2.18. The van der Waals surface area contributed by atoms with Gasteiger partial charge in [-0.25, -0.2) is 0 Å². The molecule has 0 aliphatic carbocycles. The van der Waals surface area contributed by atoms with E-state index in [9.17, 15) is 0 Å². The monoisotopic (exact) mass is 328 g/mol. The molecule has 0 heterocycles. The highest BCUT2D eigenvalue weighted by Crippen LogP contribution is 2.22. The Morgan fingerprint density at radius 2 is 1.95 bits per heavy atom. The van der Waals surface area contributed by atoms with Gasteiger partial charge < -0.3 is 15.0 Å². The van der Waals surface area contributed by atoms with E-state index in [0.717, 1.165) is 49.6 Å². The minimum absolute atomic E-state index is 0.740. The maximum Gasteiger partial charge on any atom is 0.119 e. The molecule has 0 aromatic heterocycles. The largest absolute Gasteiger partial charge is 0.492 e. The minimum Gasteiger partial charge on any atom is -0.492 e. The van der Waals surface area contributed by atoms with Gasteiger partial charge >= 0.3 is 0 Å². The fourth-order valence-corrected chi connectivity index (χ4v) is 2.26. The predicted molar refractivity (Wildman–Crippen MR) is 84.8 cm³/mol. The first-order valence-electron chi connectivity index (χ1n) is 7.05. The van der Waals surface area contributed by atoms with Gasteiger partial charge in [0.2, 0.25) is 0 Å². The highest BCUT2D eigenvalue weighted by Gasteiger charge is 2.03. The van der Waals surface area contributed by atoms with Crippen molar-refractivity contribution in [2.24, 2.45) is 0 Å². The summed E-state index contributed by atoms with van der Waals surface area (Å²) in [7, 11) is 0. The van der Waals surface area contributed by atoms with Crippen molar-refractivity contribution in [2.45, 2.75) is 27.3 Å². The van der Waals surface area contributed by atoms with E-state index in [-0.39, 0.29) is 0 Å². The number of benzene rings is 1. The van der Waals surface area contributed by atoms with Gasteiger partial charge in [0, 0.05) is 17.6 Å². The van der Waals surface area contributed by atoms with Gasteiger partial charge in [-0.15, -0.1) is 0 Å². The Morgan fingerprint density at radius 3 is 2.58 bits per heavy atom. The lowest BCUT2D eigenvalue weighted by molar-refractivity contribution is 0.222. The smallest absolute Gasteiger partial charge is 0.119 e. The zero-order valence-electron chi connectivity index (χ0n) is 12.2. The second-order valence-corrected chi connectivity index (χ2v) is 5.26. The third-order valence-electron chi connectivity index (χ3n) is 3.15. The van der Waals surface area contributed by atoms with Crippen molar-refractivity contribution < 1.29 is 4.74 Å². The Balaban J connectivity index is 2.49. The number of rotatable bonds is 9. The maximum atomic E-state index is 5.83. The average Bonchev–Trinajstić information content (AvgIpc) is 2.44. The third-order valence-corrected chi connectivity index (χ3v) is 3.93. The summed E-state index contributed by atoms with van der Waals surface area (Å²) in [5.74, 6) is 0.947. The number of likely N-dealkylation sites (N-methyl/N-ethyl adjacent to an activating group) is 1. The third kappa shape index (κ3) is 5.93. The van der Waals surface area contributed by atoms with Crippen LogP contribution in [-0.2, 0) is 6.54 Å². The van der Waals surface area contributed by atoms with E-state index in [1.807, 2.05) is 6.07 Å². The molecule has 0 bridgehead atoms. The van der Waals surface area contributed by atoms with E-state index in [1.54, 1.807) is 0 Å². The van der Waals surface area contributed by atoms with Crippen LogP contribution < -0.4 is 10.1 Å². The molecular weight excluding hydrogens is 304 g/mol. The molecule has 0 fully saturated rings. The van der Waals surface area contributed by atoms with Gasteiger partial charge in [0.05, 0.1) is 0 Å². The number of hydrogen-bond donors (Lipinski definition) is 1. The molecule has 4 heteroatoms. The summed E-state index contributed by atoms with van der Waals surface area (Å²) < 4.78 is 6.95. The molecular formula is C15H25BrN2O. The first kappa shape index (κ1) is 16.5. The molecule has 1 N–H and O–H groups in total. The summed E-state index contributed by atoms with van der Waals surface area (Å²) in [4.78, 5) is 2.36. The van der Waals surface area contributed by atoms with Crippen molar-refractivity contribution in [3.63, 3.8) is 0 Å². The van der Waals surface area contributed by atoms with Crippen molar-refractivity contribution in [3.8, 4) is 5.75 Å². The fraction of sp³-hybridized carbons (Fsp3) is 0.600. The van der Waals surface area contributed by atoms with Crippen LogP contribution in [0.4, 0.5) is 0 Å². The highest BCUT2D eigenvalue weighted by molar-refractivity contribution is 9.10. The second-order valence-electron chi connectivity index (χ2n) is 4.41. The minimum atomic E-state index is 0.740. The average molecular weight is 329 g/mol. The fourth-order valence-electron chi connectivity index (χ4n) is 1.87. The first-order chi connectivity index (χ1) is 9.21.